The first-order valence-corrected chi connectivity index (χ1v) is 7.56. The number of benzene rings is 1. The summed E-state index contributed by atoms with van der Waals surface area (Å²) in [6.45, 7) is 0. The number of anilines is 1. The van der Waals surface area contributed by atoms with Crippen LogP contribution in [0.25, 0.3) is 11.5 Å². The Morgan fingerprint density at radius 2 is 2.14 bits per heavy atom. The lowest BCUT2D eigenvalue weighted by Crippen LogP contribution is -2.13. The maximum atomic E-state index is 13.4. The van der Waals surface area contributed by atoms with Gasteiger partial charge in [0.05, 0.1) is 5.69 Å². The van der Waals surface area contributed by atoms with Gasteiger partial charge >= 0.3 is 0 Å². The Hall–Kier alpha value is -2.54. The molecule has 112 valence electrons. The fourth-order valence-corrected chi connectivity index (χ4v) is 2.48. The Labute approximate surface area is 129 Å². The fourth-order valence-electron chi connectivity index (χ4n) is 1.85. The molecule has 0 fully saturated rings. The molecule has 0 aliphatic carbocycles. The molecule has 3 rings (SSSR count). The Morgan fingerprint density at radius 3 is 2.91 bits per heavy atom. The zero-order chi connectivity index (χ0) is 15.4. The largest absolute Gasteiger partial charge is 0.421 e. The Bertz CT molecular complexity index is 771. The molecular weight excluding hydrogens is 305 g/mol. The van der Waals surface area contributed by atoms with Crippen molar-refractivity contribution >= 4 is 22.9 Å². The highest BCUT2D eigenvalue weighted by Crippen LogP contribution is 2.21. The van der Waals surface area contributed by atoms with Crippen LogP contribution in [0, 0.1) is 5.82 Å². The van der Waals surface area contributed by atoms with E-state index in [2.05, 4.69) is 15.5 Å². The van der Waals surface area contributed by atoms with Gasteiger partial charge in [-0.25, -0.2) is 4.39 Å². The fraction of sp³-hybridized carbons (Fsp3) is 0.133. The van der Waals surface area contributed by atoms with Crippen LogP contribution >= 0.6 is 11.3 Å². The summed E-state index contributed by atoms with van der Waals surface area (Å²) < 4.78 is 18.9. The number of rotatable bonds is 5. The summed E-state index contributed by atoms with van der Waals surface area (Å²) >= 11 is 1.54. The quantitative estimate of drug-likeness (QED) is 0.782. The maximum absolute atomic E-state index is 13.4. The molecule has 5 nitrogen and oxygen atoms in total. The van der Waals surface area contributed by atoms with Gasteiger partial charge in [0, 0.05) is 23.8 Å². The van der Waals surface area contributed by atoms with Gasteiger partial charge in [0.2, 0.25) is 17.7 Å². The lowest BCUT2D eigenvalue weighted by Gasteiger charge is -2.04. The topological polar surface area (TPSA) is 68.0 Å². The van der Waals surface area contributed by atoms with Crippen molar-refractivity contribution in [3.05, 3.63) is 52.8 Å². The van der Waals surface area contributed by atoms with E-state index in [1.807, 2.05) is 16.8 Å². The smallest absolute Gasteiger partial charge is 0.248 e. The minimum Gasteiger partial charge on any atom is -0.421 e. The van der Waals surface area contributed by atoms with E-state index >= 15 is 0 Å². The van der Waals surface area contributed by atoms with Crippen LogP contribution in [-0.4, -0.2) is 16.1 Å². The summed E-state index contributed by atoms with van der Waals surface area (Å²) in [4.78, 5) is 11.8. The number of aromatic nitrogens is 2. The summed E-state index contributed by atoms with van der Waals surface area (Å²) in [5.74, 6) is 0.0458. The molecule has 0 saturated heterocycles. The molecule has 0 saturated carbocycles. The van der Waals surface area contributed by atoms with Crippen LogP contribution in [0.4, 0.5) is 10.1 Å². The summed E-state index contributed by atoms with van der Waals surface area (Å²) in [5, 5.41) is 14.2. The number of carbonyl (C=O) groups excluding carboxylic acids is 1. The molecule has 1 N–H and O–H groups in total. The van der Waals surface area contributed by atoms with Crippen LogP contribution < -0.4 is 5.32 Å². The molecule has 0 bridgehead atoms. The molecular formula is C15H12FN3O2S. The summed E-state index contributed by atoms with van der Waals surface area (Å²) in [5.41, 5.74) is 1.02. The van der Waals surface area contributed by atoms with E-state index in [1.165, 1.54) is 23.5 Å². The molecule has 0 aliphatic heterocycles. The monoisotopic (exact) mass is 317 g/mol. The van der Waals surface area contributed by atoms with Crippen molar-refractivity contribution in [1.82, 2.24) is 10.2 Å². The van der Waals surface area contributed by atoms with Crippen molar-refractivity contribution in [2.24, 2.45) is 0 Å². The Morgan fingerprint density at radius 1 is 1.27 bits per heavy atom. The minimum absolute atomic E-state index is 0.138. The lowest BCUT2D eigenvalue weighted by atomic mass is 10.2. The number of nitrogens with one attached hydrogen (secondary N) is 1. The van der Waals surface area contributed by atoms with Gasteiger partial charge in [-0.2, -0.15) is 11.3 Å². The van der Waals surface area contributed by atoms with Crippen molar-refractivity contribution in [2.75, 3.05) is 5.32 Å². The summed E-state index contributed by atoms with van der Waals surface area (Å²) in [6, 6.07) is 7.90. The average molecular weight is 317 g/mol. The molecule has 0 spiro atoms. The number of carbonyl (C=O) groups is 1. The number of amides is 1. The predicted molar refractivity (Wildman–Crippen MR) is 81.0 cm³/mol. The number of para-hydroxylation sites is 1. The highest BCUT2D eigenvalue weighted by molar-refractivity contribution is 7.08. The second-order valence-electron chi connectivity index (χ2n) is 4.54. The lowest BCUT2D eigenvalue weighted by molar-refractivity contribution is -0.116. The van der Waals surface area contributed by atoms with Gasteiger partial charge in [-0.15, -0.1) is 10.2 Å². The number of hydrogen-bond donors (Lipinski definition) is 1. The number of hydrogen-bond acceptors (Lipinski definition) is 5. The molecule has 0 aliphatic rings. The first-order valence-electron chi connectivity index (χ1n) is 6.62. The van der Waals surface area contributed by atoms with Crippen molar-refractivity contribution in [3.63, 3.8) is 0 Å². The molecule has 1 amide bonds. The van der Waals surface area contributed by atoms with Gasteiger partial charge in [-0.05, 0) is 23.6 Å². The highest BCUT2D eigenvalue weighted by atomic mass is 32.1. The van der Waals surface area contributed by atoms with E-state index in [-0.39, 0.29) is 18.0 Å². The van der Waals surface area contributed by atoms with Crippen LogP contribution in [0.3, 0.4) is 0 Å². The molecule has 3 aromatic rings. The van der Waals surface area contributed by atoms with Crippen molar-refractivity contribution in [2.45, 2.75) is 12.8 Å². The first kappa shape index (κ1) is 14.4. The third kappa shape index (κ3) is 3.37. The van der Waals surface area contributed by atoms with Gasteiger partial charge < -0.3 is 9.73 Å². The normalized spacial score (nSPS) is 10.6. The van der Waals surface area contributed by atoms with E-state index in [1.54, 1.807) is 12.1 Å². The molecule has 0 unspecified atom stereocenters. The van der Waals surface area contributed by atoms with Gasteiger partial charge in [-0.3, -0.25) is 4.79 Å². The standard InChI is InChI=1S/C15H12FN3O2S/c16-11-3-1-2-4-12(11)17-13(20)5-6-14-18-19-15(21-14)10-7-8-22-9-10/h1-4,7-9H,5-6H2,(H,17,20). The van der Waals surface area contributed by atoms with Crippen LogP contribution in [-0.2, 0) is 11.2 Å². The van der Waals surface area contributed by atoms with Crippen molar-refractivity contribution in [1.29, 1.82) is 0 Å². The van der Waals surface area contributed by atoms with E-state index in [0.717, 1.165) is 5.56 Å². The molecule has 0 atom stereocenters. The second-order valence-corrected chi connectivity index (χ2v) is 5.32. The van der Waals surface area contributed by atoms with Crippen LogP contribution in [0.5, 0.6) is 0 Å². The van der Waals surface area contributed by atoms with Gasteiger partial charge in [0.15, 0.2) is 0 Å². The van der Waals surface area contributed by atoms with Crippen LogP contribution in [0.15, 0.2) is 45.5 Å². The van der Waals surface area contributed by atoms with Crippen molar-refractivity contribution < 1.29 is 13.6 Å². The summed E-state index contributed by atoms with van der Waals surface area (Å²) in [6.07, 6.45) is 0.441. The van der Waals surface area contributed by atoms with E-state index < -0.39 is 5.82 Å². The van der Waals surface area contributed by atoms with Crippen LogP contribution in [0.2, 0.25) is 0 Å². The molecule has 2 aromatic heterocycles. The number of halogens is 1. The molecule has 2 heterocycles. The van der Waals surface area contributed by atoms with Crippen LogP contribution in [0.1, 0.15) is 12.3 Å². The average Bonchev–Trinajstić information content (AvgIpc) is 3.18. The number of thiophene rings is 1. The zero-order valence-corrected chi connectivity index (χ0v) is 12.3. The van der Waals surface area contributed by atoms with E-state index in [0.29, 0.717) is 18.2 Å². The highest BCUT2D eigenvalue weighted by Gasteiger charge is 2.11. The summed E-state index contributed by atoms with van der Waals surface area (Å²) in [7, 11) is 0. The molecule has 7 heteroatoms. The number of aryl methyl sites for hydroxylation is 1. The number of nitrogens with zero attached hydrogens (tertiary/aromatic N) is 2. The Kier molecular flexibility index (Phi) is 4.24. The third-order valence-corrected chi connectivity index (χ3v) is 3.63. The molecule has 0 radical (unpaired) electrons. The maximum Gasteiger partial charge on any atom is 0.248 e. The van der Waals surface area contributed by atoms with Gasteiger partial charge in [-0.1, -0.05) is 12.1 Å². The SMILES string of the molecule is O=C(CCc1nnc(-c2ccsc2)o1)Nc1ccccc1F. The second kappa shape index (κ2) is 6.48. The molecule has 22 heavy (non-hydrogen) atoms. The van der Waals surface area contributed by atoms with Gasteiger partial charge in [0.25, 0.3) is 0 Å². The van der Waals surface area contributed by atoms with E-state index in [9.17, 15) is 9.18 Å². The van der Waals surface area contributed by atoms with E-state index in [4.69, 9.17) is 4.42 Å². The Balaban J connectivity index is 1.56. The first-order chi connectivity index (χ1) is 10.7. The van der Waals surface area contributed by atoms with Crippen molar-refractivity contribution in [3.8, 4) is 11.5 Å². The minimum atomic E-state index is -0.464. The zero-order valence-electron chi connectivity index (χ0n) is 11.5. The van der Waals surface area contributed by atoms with Gasteiger partial charge in [0.1, 0.15) is 5.82 Å². The molecule has 1 aromatic carbocycles. The predicted octanol–water partition coefficient (Wildman–Crippen LogP) is 3.51. The third-order valence-electron chi connectivity index (χ3n) is 2.95.